The molecule has 0 unspecified atom stereocenters. The van der Waals surface area contributed by atoms with Crippen molar-refractivity contribution in [3.8, 4) is 5.88 Å². The van der Waals surface area contributed by atoms with Crippen LogP contribution in [0.25, 0.3) is 10.9 Å². The van der Waals surface area contributed by atoms with Crippen LogP contribution in [0.5, 0.6) is 5.88 Å². The van der Waals surface area contributed by atoms with E-state index < -0.39 is 0 Å². The number of aromatic hydroxyl groups is 1. The van der Waals surface area contributed by atoms with Crippen LogP contribution in [0.15, 0.2) is 18.2 Å². The van der Waals surface area contributed by atoms with Gasteiger partial charge in [0.1, 0.15) is 0 Å². The summed E-state index contributed by atoms with van der Waals surface area (Å²) in [5.41, 5.74) is 1.02. The number of carbonyl (C=O) groups excluding carboxylic acids is 3. The highest BCUT2D eigenvalue weighted by Gasteiger charge is 2.24. The van der Waals surface area contributed by atoms with Crippen LogP contribution in [-0.4, -0.2) is 27.1 Å². The van der Waals surface area contributed by atoms with Crippen LogP contribution in [-0.2, 0) is 0 Å². The number of hydrogen-bond donors (Lipinski definition) is 1. The first kappa shape index (κ1) is 16.9. The molecular weight excluding hydrogens is 294 g/mol. The van der Waals surface area contributed by atoms with Gasteiger partial charge in [0.15, 0.2) is 11.6 Å². The zero-order valence-corrected chi connectivity index (χ0v) is 13.7. The molecule has 5 nitrogen and oxygen atoms in total. The molecule has 1 heterocycles. The number of aromatic nitrogens is 1. The molecule has 0 aliphatic carbocycles. The lowest BCUT2D eigenvalue weighted by atomic mass is 10.0. The lowest BCUT2D eigenvalue weighted by molar-refractivity contribution is 0.0931. The number of fused-ring (bicyclic) bond motifs is 1. The number of ketones is 2. The van der Waals surface area contributed by atoms with Crippen LogP contribution < -0.4 is 0 Å². The Hall–Kier alpha value is -2.43. The van der Waals surface area contributed by atoms with E-state index in [1.165, 1.54) is 13.8 Å². The predicted molar refractivity (Wildman–Crippen MR) is 88.4 cm³/mol. The zero-order valence-electron chi connectivity index (χ0n) is 13.7. The van der Waals surface area contributed by atoms with Crippen LogP contribution in [0.1, 0.15) is 72.0 Å². The minimum atomic E-state index is -0.379. The van der Waals surface area contributed by atoms with E-state index in [0.717, 1.165) is 23.8 Å². The van der Waals surface area contributed by atoms with E-state index in [0.29, 0.717) is 22.9 Å². The lowest BCUT2D eigenvalue weighted by Crippen LogP contribution is -2.05. The molecule has 0 bridgehead atoms. The molecule has 0 aliphatic heterocycles. The molecule has 0 saturated carbocycles. The van der Waals surface area contributed by atoms with Crippen molar-refractivity contribution in [3.63, 3.8) is 0 Å². The van der Waals surface area contributed by atoms with Crippen LogP contribution in [0.3, 0.4) is 0 Å². The van der Waals surface area contributed by atoms with Crippen LogP contribution in [0.4, 0.5) is 0 Å². The van der Waals surface area contributed by atoms with E-state index in [-0.39, 0.29) is 28.9 Å². The van der Waals surface area contributed by atoms with Crippen molar-refractivity contribution in [1.82, 2.24) is 4.57 Å². The van der Waals surface area contributed by atoms with Gasteiger partial charge in [-0.1, -0.05) is 19.8 Å². The van der Waals surface area contributed by atoms with Crippen molar-refractivity contribution in [3.05, 3.63) is 29.3 Å². The second kappa shape index (κ2) is 6.77. The van der Waals surface area contributed by atoms with Gasteiger partial charge >= 0.3 is 0 Å². The van der Waals surface area contributed by atoms with Gasteiger partial charge in [0.2, 0.25) is 11.8 Å². The molecule has 1 aromatic carbocycles. The summed E-state index contributed by atoms with van der Waals surface area (Å²) in [6, 6.07) is 4.76. The molecule has 0 saturated heterocycles. The second-order valence-electron chi connectivity index (χ2n) is 5.72. The van der Waals surface area contributed by atoms with Gasteiger partial charge < -0.3 is 5.11 Å². The number of nitrogens with zero attached hydrogens (tertiary/aromatic N) is 1. The van der Waals surface area contributed by atoms with Crippen LogP contribution in [0.2, 0.25) is 0 Å². The van der Waals surface area contributed by atoms with Gasteiger partial charge in [0.05, 0.1) is 11.1 Å². The van der Waals surface area contributed by atoms with Crippen LogP contribution >= 0.6 is 0 Å². The highest BCUT2D eigenvalue weighted by molar-refractivity contribution is 6.14. The molecule has 0 spiro atoms. The highest BCUT2D eigenvalue weighted by atomic mass is 16.3. The molecule has 122 valence electrons. The zero-order chi connectivity index (χ0) is 17.1. The van der Waals surface area contributed by atoms with Gasteiger partial charge in [0, 0.05) is 24.3 Å². The molecule has 0 atom stereocenters. The number of unbranched alkanes of at least 4 members (excludes halogenated alkanes) is 2. The molecule has 0 amide bonds. The Balaban J connectivity index is 2.63. The normalized spacial score (nSPS) is 10.9. The van der Waals surface area contributed by atoms with Crippen molar-refractivity contribution in [1.29, 1.82) is 0 Å². The van der Waals surface area contributed by atoms with E-state index in [4.69, 9.17) is 0 Å². The van der Waals surface area contributed by atoms with E-state index in [1.54, 1.807) is 18.2 Å². The molecule has 23 heavy (non-hydrogen) atoms. The minimum Gasteiger partial charge on any atom is -0.494 e. The average Bonchev–Trinajstić information content (AvgIpc) is 2.78. The molecule has 5 heteroatoms. The topological polar surface area (TPSA) is 76.4 Å². The predicted octanol–water partition coefficient (Wildman–Crippen LogP) is 3.97. The minimum absolute atomic E-state index is 0.133. The Morgan fingerprint density at radius 3 is 2.39 bits per heavy atom. The largest absolute Gasteiger partial charge is 0.494 e. The lowest BCUT2D eigenvalue weighted by Gasteiger charge is -2.02. The third-order valence-electron chi connectivity index (χ3n) is 3.95. The summed E-state index contributed by atoms with van der Waals surface area (Å²) >= 11 is 0. The molecule has 0 fully saturated rings. The standard InChI is InChI=1S/C18H21NO4/c1-4-5-6-7-16(22)17-14-10-13(11(2)20)8-9-15(14)19(12(3)21)18(17)23/h8-10,23H,4-7H2,1-3H3. The van der Waals surface area contributed by atoms with Gasteiger partial charge in [-0.15, -0.1) is 0 Å². The molecule has 2 aromatic rings. The van der Waals surface area contributed by atoms with Crippen LogP contribution in [0, 0.1) is 0 Å². The van der Waals surface area contributed by atoms with Crippen molar-refractivity contribution < 1.29 is 19.5 Å². The fourth-order valence-electron chi connectivity index (χ4n) is 2.75. The SMILES string of the molecule is CCCCCC(=O)c1c(O)n(C(C)=O)c2ccc(C(C)=O)cc12. The summed E-state index contributed by atoms with van der Waals surface area (Å²) in [6.07, 6.45) is 2.95. The van der Waals surface area contributed by atoms with E-state index in [2.05, 4.69) is 0 Å². The third-order valence-corrected chi connectivity index (χ3v) is 3.95. The Morgan fingerprint density at radius 2 is 1.83 bits per heavy atom. The summed E-state index contributed by atoms with van der Waals surface area (Å²) in [5, 5.41) is 10.8. The fourth-order valence-corrected chi connectivity index (χ4v) is 2.75. The van der Waals surface area contributed by atoms with Crippen molar-refractivity contribution in [2.45, 2.75) is 46.5 Å². The van der Waals surface area contributed by atoms with Gasteiger partial charge in [-0.05, 0) is 31.5 Å². The van der Waals surface area contributed by atoms with Gasteiger partial charge in [-0.25, -0.2) is 0 Å². The monoisotopic (exact) mass is 315 g/mol. The maximum Gasteiger partial charge on any atom is 0.230 e. The summed E-state index contributed by atoms with van der Waals surface area (Å²) in [7, 11) is 0. The smallest absolute Gasteiger partial charge is 0.230 e. The first-order chi connectivity index (χ1) is 10.9. The third kappa shape index (κ3) is 3.18. The summed E-state index contributed by atoms with van der Waals surface area (Å²) in [4.78, 5) is 35.9. The Morgan fingerprint density at radius 1 is 1.13 bits per heavy atom. The van der Waals surface area contributed by atoms with Gasteiger partial charge in [-0.3, -0.25) is 19.0 Å². The fraction of sp³-hybridized carbons (Fsp3) is 0.389. The number of carbonyl (C=O) groups is 3. The number of rotatable bonds is 6. The molecule has 1 aromatic heterocycles. The molecule has 0 radical (unpaired) electrons. The maximum absolute atomic E-state index is 12.5. The van der Waals surface area contributed by atoms with Crippen molar-refractivity contribution in [2.24, 2.45) is 0 Å². The second-order valence-corrected chi connectivity index (χ2v) is 5.72. The summed E-state index contributed by atoms with van der Waals surface area (Å²) < 4.78 is 1.12. The van der Waals surface area contributed by atoms with Gasteiger partial charge in [-0.2, -0.15) is 0 Å². The number of Topliss-reactive ketones (excluding diaryl/α,β-unsaturated/α-hetero) is 2. The Kier molecular flexibility index (Phi) is 4.98. The molecule has 2 rings (SSSR count). The quantitative estimate of drug-likeness (QED) is 0.646. The maximum atomic E-state index is 12.5. The van der Waals surface area contributed by atoms with E-state index in [1.807, 2.05) is 6.92 Å². The van der Waals surface area contributed by atoms with Crippen molar-refractivity contribution in [2.75, 3.05) is 0 Å². The number of benzene rings is 1. The van der Waals surface area contributed by atoms with Gasteiger partial charge in [0.25, 0.3) is 0 Å². The average molecular weight is 315 g/mol. The summed E-state index contributed by atoms with van der Waals surface area (Å²) in [5.74, 6) is -1.06. The van der Waals surface area contributed by atoms with E-state index in [9.17, 15) is 19.5 Å². The van der Waals surface area contributed by atoms with E-state index >= 15 is 0 Å². The summed E-state index contributed by atoms with van der Waals surface area (Å²) in [6.45, 7) is 4.80. The highest BCUT2D eigenvalue weighted by Crippen LogP contribution is 2.33. The Labute approximate surface area is 134 Å². The van der Waals surface area contributed by atoms with Crippen molar-refractivity contribution >= 4 is 28.4 Å². The first-order valence-corrected chi connectivity index (χ1v) is 7.81. The number of hydrogen-bond acceptors (Lipinski definition) is 4. The molecule has 1 N–H and O–H groups in total. The first-order valence-electron chi connectivity index (χ1n) is 7.81. The Bertz CT molecular complexity index is 786. The molecular formula is C18H21NO4. The molecule has 0 aliphatic rings.